The maximum Gasteiger partial charge on any atom is 0.244 e. The summed E-state index contributed by atoms with van der Waals surface area (Å²) in [7, 11) is -3.15. The van der Waals surface area contributed by atoms with Crippen LogP contribution in [0.1, 0.15) is 25.5 Å². The minimum atomic E-state index is -3.15. The Morgan fingerprint density at radius 1 is 1.30 bits per heavy atom. The van der Waals surface area contributed by atoms with Crippen molar-refractivity contribution in [3.63, 3.8) is 0 Å². The van der Waals surface area contributed by atoms with Gasteiger partial charge < -0.3 is 10.6 Å². The summed E-state index contributed by atoms with van der Waals surface area (Å²) in [5.74, 6) is -0.230. The lowest BCUT2D eigenvalue weighted by Crippen LogP contribution is -2.56. The molecule has 1 aromatic rings. The van der Waals surface area contributed by atoms with Crippen molar-refractivity contribution in [3.05, 3.63) is 35.9 Å². The van der Waals surface area contributed by atoms with Crippen molar-refractivity contribution in [1.29, 1.82) is 0 Å². The predicted octanol–water partition coefficient (Wildman–Crippen LogP) is 0.722. The second-order valence-electron chi connectivity index (χ2n) is 5.73. The van der Waals surface area contributed by atoms with E-state index in [0.717, 1.165) is 5.56 Å². The minimum absolute atomic E-state index is 0.00670. The van der Waals surface area contributed by atoms with Crippen LogP contribution in [0.4, 0.5) is 0 Å². The van der Waals surface area contributed by atoms with Crippen LogP contribution >= 0.6 is 0 Å². The zero-order chi connectivity index (χ0) is 15.0. The molecule has 1 heterocycles. The summed E-state index contributed by atoms with van der Waals surface area (Å²) in [4.78, 5) is 14.0. The van der Waals surface area contributed by atoms with Gasteiger partial charge in [-0.3, -0.25) is 4.79 Å². The Bertz CT molecular complexity index is 596. The molecule has 1 aliphatic heterocycles. The molecule has 2 N–H and O–H groups in total. The van der Waals surface area contributed by atoms with Crippen LogP contribution in [-0.4, -0.2) is 42.8 Å². The smallest absolute Gasteiger partial charge is 0.244 e. The molecule has 6 heteroatoms. The van der Waals surface area contributed by atoms with Crippen LogP contribution < -0.4 is 5.73 Å². The number of benzene rings is 1. The molecule has 1 amide bonds. The van der Waals surface area contributed by atoms with E-state index < -0.39 is 20.6 Å². The summed E-state index contributed by atoms with van der Waals surface area (Å²) >= 11 is 0. The zero-order valence-corrected chi connectivity index (χ0v) is 12.6. The number of carbonyl (C=O) groups is 1. The molecule has 1 atom stereocenters. The number of rotatable bonds is 2. The third-order valence-electron chi connectivity index (χ3n) is 3.78. The van der Waals surface area contributed by atoms with Gasteiger partial charge in [-0.25, -0.2) is 8.42 Å². The number of hydrogen-bond acceptors (Lipinski definition) is 4. The van der Waals surface area contributed by atoms with Crippen LogP contribution in [0.2, 0.25) is 0 Å². The summed E-state index contributed by atoms with van der Waals surface area (Å²) in [5.41, 5.74) is 6.72. The van der Waals surface area contributed by atoms with Gasteiger partial charge in [0, 0.05) is 13.1 Å². The highest BCUT2D eigenvalue weighted by Gasteiger charge is 2.42. The molecule has 0 aliphatic carbocycles. The Balaban J connectivity index is 2.16. The monoisotopic (exact) mass is 296 g/mol. The van der Waals surface area contributed by atoms with Gasteiger partial charge in [0.2, 0.25) is 5.91 Å². The van der Waals surface area contributed by atoms with Gasteiger partial charge in [-0.2, -0.15) is 0 Å². The van der Waals surface area contributed by atoms with E-state index in [-0.39, 0.29) is 24.7 Å². The van der Waals surface area contributed by atoms with Crippen molar-refractivity contribution in [3.8, 4) is 0 Å². The van der Waals surface area contributed by atoms with Gasteiger partial charge >= 0.3 is 0 Å². The van der Waals surface area contributed by atoms with Crippen molar-refractivity contribution in [1.82, 2.24) is 4.90 Å². The summed E-state index contributed by atoms with van der Waals surface area (Å²) in [6.45, 7) is 3.70. The second-order valence-corrected chi connectivity index (χ2v) is 8.47. The highest BCUT2D eigenvalue weighted by Crippen LogP contribution is 2.25. The third kappa shape index (κ3) is 2.71. The zero-order valence-electron chi connectivity index (χ0n) is 11.7. The molecule has 0 saturated carbocycles. The SMILES string of the molecule is CC1(C)CN(C(=O)C(N)c2ccccc2)CCS1(=O)=O. The van der Waals surface area contributed by atoms with Gasteiger partial charge in [-0.1, -0.05) is 30.3 Å². The van der Waals surface area contributed by atoms with E-state index in [1.807, 2.05) is 18.2 Å². The van der Waals surface area contributed by atoms with Gasteiger partial charge in [0.1, 0.15) is 6.04 Å². The van der Waals surface area contributed by atoms with E-state index in [0.29, 0.717) is 0 Å². The average Bonchev–Trinajstić information content (AvgIpc) is 2.41. The largest absolute Gasteiger partial charge is 0.338 e. The number of sulfone groups is 1. The van der Waals surface area contributed by atoms with Crippen molar-refractivity contribution < 1.29 is 13.2 Å². The topological polar surface area (TPSA) is 80.5 Å². The van der Waals surface area contributed by atoms with Gasteiger partial charge in [0.15, 0.2) is 9.84 Å². The summed E-state index contributed by atoms with van der Waals surface area (Å²) in [6.07, 6.45) is 0. The quantitative estimate of drug-likeness (QED) is 0.872. The molecule has 1 unspecified atom stereocenters. The van der Waals surface area contributed by atoms with Crippen LogP contribution in [0.3, 0.4) is 0 Å². The molecule has 110 valence electrons. The van der Waals surface area contributed by atoms with Crippen LogP contribution in [-0.2, 0) is 14.6 Å². The average molecular weight is 296 g/mol. The maximum atomic E-state index is 12.4. The highest BCUT2D eigenvalue weighted by atomic mass is 32.2. The Hall–Kier alpha value is -1.40. The number of nitrogens with two attached hydrogens (primary N) is 1. The van der Waals surface area contributed by atoms with E-state index in [4.69, 9.17) is 5.73 Å². The maximum absolute atomic E-state index is 12.4. The van der Waals surface area contributed by atoms with Crippen LogP contribution in [0, 0.1) is 0 Å². The predicted molar refractivity (Wildman–Crippen MR) is 77.8 cm³/mol. The molecule has 1 saturated heterocycles. The Morgan fingerprint density at radius 3 is 2.45 bits per heavy atom. The molecule has 0 bridgehead atoms. The van der Waals surface area contributed by atoms with Gasteiger partial charge in [-0.05, 0) is 19.4 Å². The number of nitrogens with zero attached hydrogens (tertiary/aromatic N) is 1. The van der Waals surface area contributed by atoms with E-state index in [2.05, 4.69) is 0 Å². The first kappa shape index (κ1) is 15.0. The lowest BCUT2D eigenvalue weighted by molar-refractivity contribution is -0.133. The number of hydrogen-bond donors (Lipinski definition) is 1. The molecular weight excluding hydrogens is 276 g/mol. The fraction of sp³-hybridized carbons (Fsp3) is 0.500. The first-order valence-corrected chi connectivity index (χ1v) is 8.21. The molecule has 20 heavy (non-hydrogen) atoms. The summed E-state index contributed by atoms with van der Waals surface area (Å²) < 4.78 is 23.0. The van der Waals surface area contributed by atoms with Crippen molar-refractivity contribution in [2.45, 2.75) is 24.6 Å². The van der Waals surface area contributed by atoms with E-state index in [9.17, 15) is 13.2 Å². The summed E-state index contributed by atoms with van der Waals surface area (Å²) in [5, 5.41) is 0. The molecule has 1 fully saturated rings. The van der Waals surface area contributed by atoms with Gasteiger partial charge in [0.05, 0.1) is 10.5 Å². The highest BCUT2D eigenvalue weighted by molar-refractivity contribution is 7.92. The van der Waals surface area contributed by atoms with Crippen molar-refractivity contribution >= 4 is 15.7 Å². The van der Waals surface area contributed by atoms with Gasteiger partial charge in [-0.15, -0.1) is 0 Å². The minimum Gasteiger partial charge on any atom is -0.338 e. The lowest BCUT2D eigenvalue weighted by atomic mass is 10.1. The first-order valence-electron chi connectivity index (χ1n) is 6.56. The molecule has 0 spiro atoms. The normalized spacial score (nSPS) is 22.2. The molecule has 1 aromatic carbocycles. The van der Waals surface area contributed by atoms with E-state index >= 15 is 0 Å². The lowest BCUT2D eigenvalue weighted by Gasteiger charge is -2.38. The second kappa shape index (κ2) is 5.18. The molecule has 0 aromatic heterocycles. The van der Waals surface area contributed by atoms with Crippen molar-refractivity contribution in [2.75, 3.05) is 18.8 Å². The third-order valence-corrected chi connectivity index (χ3v) is 6.31. The van der Waals surface area contributed by atoms with Crippen LogP contribution in [0.25, 0.3) is 0 Å². The van der Waals surface area contributed by atoms with Crippen LogP contribution in [0.15, 0.2) is 30.3 Å². The molecule has 2 rings (SSSR count). The molecular formula is C14H20N2O3S. The first-order chi connectivity index (χ1) is 9.24. The van der Waals surface area contributed by atoms with E-state index in [1.54, 1.807) is 30.9 Å². The van der Waals surface area contributed by atoms with Crippen molar-refractivity contribution in [2.24, 2.45) is 5.73 Å². The van der Waals surface area contributed by atoms with Crippen LogP contribution in [0.5, 0.6) is 0 Å². The Labute approximate surface area is 119 Å². The number of carbonyl (C=O) groups excluding carboxylic acids is 1. The standard InChI is InChI=1S/C14H20N2O3S/c1-14(2)10-16(8-9-20(14,18)19)13(17)12(15)11-6-4-3-5-7-11/h3-7,12H,8-10,15H2,1-2H3. The Kier molecular flexibility index (Phi) is 3.88. The molecule has 0 radical (unpaired) electrons. The molecule has 5 nitrogen and oxygen atoms in total. The Morgan fingerprint density at radius 2 is 1.90 bits per heavy atom. The van der Waals surface area contributed by atoms with E-state index in [1.165, 1.54) is 0 Å². The summed E-state index contributed by atoms with van der Waals surface area (Å²) in [6, 6.07) is 8.37. The molecule has 1 aliphatic rings. The number of amides is 1. The fourth-order valence-electron chi connectivity index (χ4n) is 2.33. The van der Waals surface area contributed by atoms with Gasteiger partial charge in [0.25, 0.3) is 0 Å². The fourth-order valence-corrected chi connectivity index (χ4v) is 3.70.